The first-order valence-electron chi connectivity index (χ1n) is 13.9. The molecule has 0 aromatic heterocycles. The molecule has 0 aliphatic carbocycles. The van der Waals surface area contributed by atoms with Crippen molar-refractivity contribution >= 4 is 23.0 Å². The highest BCUT2D eigenvalue weighted by Gasteiger charge is 2.39. The SMILES string of the molecule is CC(=O)Nc1cccc(C2OC(CN3CCN(c4ccc([N+](=O)[O-])cc4)CC3)C(C)C(c3ccc(CO)cc3)O2)c1. The Hall–Kier alpha value is -3.83. The van der Waals surface area contributed by atoms with Gasteiger partial charge in [0.15, 0.2) is 6.29 Å². The van der Waals surface area contributed by atoms with E-state index in [4.69, 9.17) is 9.47 Å². The molecule has 216 valence electrons. The number of piperazine rings is 1. The van der Waals surface area contributed by atoms with Crippen molar-refractivity contribution in [3.8, 4) is 0 Å². The zero-order valence-corrected chi connectivity index (χ0v) is 23.3. The molecule has 4 unspecified atom stereocenters. The molecule has 41 heavy (non-hydrogen) atoms. The van der Waals surface area contributed by atoms with Crippen molar-refractivity contribution in [2.45, 2.75) is 39.0 Å². The molecular formula is C31H36N4O6. The third kappa shape index (κ3) is 6.91. The van der Waals surface area contributed by atoms with Crippen molar-refractivity contribution in [3.05, 3.63) is 99.6 Å². The number of ether oxygens (including phenoxy) is 2. The lowest BCUT2D eigenvalue weighted by Gasteiger charge is -2.44. The number of hydrogen-bond acceptors (Lipinski definition) is 8. The van der Waals surface area contributed by atoms with Crippen LogP contribution in [0.2, 0.25) is 0 Å². The minimum atomic E-state index is -0.617. The number of aliphatic hydroxyl groups is 1. The Balaban J connectivity index is 1.31. The Morgan fingerprint density at radius 1 is 1.00 bits per heavy atom. The van der Waals surface area contributed by atoms with Crippen LogP contribution < -0.4 is 10.2 Å². The van der Waals surface area contributed by atoms with Crippen molar-refractivity contribution in [2.75, 3.05) is 42.9 Å². The Morgan fingerprint density at radius 2 is 1.71 bits per heavy atom. The van der Waals surface area contributed by atoms with Crippen LogP contribution in [-0.2, 0) is 20.9 Å². The third-order valence-corrected chi connectivity index (χ3v) is 7.84. The molecule has 4 atom stereocenters. The Bertz CT molecular complexity index is 1340. The van der Waals surface area contributed by atoms with Crippen LogP contribution in [0.15, 0.2) is 72.8 Å². The van der Waals surface area contributed by atoms with Gasteiger partial charge in [0.1, 0.15) is 0 Å². The van der Waals surface area contributed by atoms with E-state index in [1.807, 2.05) is 60.7 Å². The number of carbonyl (C=O) groups excluding carboxylic acids is 1. The Morgan fingerprint density at radius 3 is 2.34 bits per heavy atom. The van der Waals surface area contributed by atoms with Crippen LogP contribution in [0.1, 0.15) is 42.9 Å². The molecule has 5 rings (SSSR count). The summed E-state index contributed by atoms with van der Waals surface area (Å²) in [5.41, 5.74) is 4.45. The predicted molar refractivity (Wildman–Crippen MR) is 155 cm³/mol. The molecule has 0 radical (unpaired) electrons. The normalized spacial score (nSPS) is 23.2. The van der Waals surface area contributed by atoms with Crippen molar-refractivity contribution in [3.63, 3.8) is 0 Å². The number of anilines is 2. The number of hydrogen-bond donors (Lipinski definition) is 2. The first-order valence-corrected chi connectivity index (χ1v) is 13.9. The Kier molecular flexibility index (Phi) is 8.94. The number of carbonyl (C=O) groups is 1. The van der Waals surface area contributed by atoms with Crippen LogP contribution in [0.5, 0.6) is 0 Å². The molecule has 1 amide bonds. The zero-order valence-electron chi connectivity index (χ0n) is 23.3. The summed E-state index contributed by atoms with van der Waals surface area (Å²) in [5.74, 6) is -0.0914. The number of nitrogens with zero attached hydrogens (tertiary/aromatic N) is 3. The van der Waals surface area contributed by atoms with Gasteiger partial charge >= 0.3 is 0 Å². The van der Waals surface area contributed by atoms with Gasteiger partial charge in [0.25, 0.3) is 5.69 Å². The van der Waals surface area contributed by atoms with E-state index in [2.05, 4.69) is 22.0 Å². The molecule has 0 saturated carbocycles. The molecule has 2 aliphatic rings. The maximum Gasteiger partial charge on any atom is 0.269 e. The summed E-state index contributed by atoms with van der Waals surface area (Å²) in [4.78, 5) is 26.9. The molecule has 2 fully saturated rings. The van der Waals surface area contributed by atoms with Crippen LogP contribution in [0.25, 0.3) is 0 Å². The van der Waals surface area contributed by atoms with Crippen LogP contribution in [-0.4, -0.2) is 59.7 Å². The van der Waals surface area contributed by atoms with Crippen LogP contribution >= 0.6 is 0 Å². The molecular weight excluding hydrogens is 524 g/mol. The standard InChI is InChI=1S/C31H36N4O6/c1-21-29(19-33-14-16-34(17-15-33)27-10-12-28(13-11-27)35(38)39)40-31(25-4-3-5-26(18-25)32-22(2)37)41-30(21)24-8-6-23(20-36)7-9-24/h3-13,18,21,29-31,36H,14-17,19-20H2,1-2H3,(H,32,37). The fraction of sp³-hybridized carbons (Fsp3) is 0.387. The van der Waals surface area contributed by atoms with Gasteiger partial charge in [-0.05, 0) is 35.4 Å². The molecule has 2 aliphatic heterocycles. The van der Waals surface area contributed by atoms with E-state index in [9.17, 15) is 20.0 Å². The van der Waals surface area contributed by atoms with Crippen molar-refractivity contribution in [1.82, 2.24) is 4.90 Å². The van der Waals surface area contributed by atoms with E-state index in [0.717, 1.165) is 55.1 Å². The largest absolute Gasteiger partial charge is 0.392 e. The van der Waals surface area contributed by atoms with Gasteiger partial charge in [-0.2, -0.15) is 0 Å². The number of rotatable bonds is 8. The highest BCUT2D eigenvalue weighted by Crippen LogP contribution is 2.42. The molecule has 10 nitrogen and oxygen atoms in total. The summed E-state index contributed by atoms with van der Waals surface area (Å²) in [5, 5.41) is 23.3. The zero-order chi connectivity index (χ0) is 28.9. The number of benzene rings is 3. The summed E-state index contributed by atoms with van der Waals surface area (Å²) in [7, 11) is 0. The molecule has 3 aromatic carbocycles. The molecule has 2 saturated heterocycles. The van der Waals surface area contributed by atoms with E-state index < -0.39 is 6.29 Å². The summed E-state index contributed by atoms with van der Waals surface area (Å²) in [6.45, 7) is 7.63. The van der Waals surface area contributed by atoms with E-state index in [0.29, 0.717) is 5.69 Å². The highest BCUT2D eigenvalue weighted by atomic mass is 16.7. The van der Waals surface area contributed by atoms with Gasteiger partial charge < -0.3 is 24.8 Å². The average molecular weight is 561 g/mol. The quantitative estimate of drug-likeness (QED) is 0.302. The van der Waals surface area contributed by atoms with Crippen molar-refractivity contribution < 1.29 is 24.3 Å². The minimum absolute atomic E-state index is 0.0164. The number of nitro groups is 1. The van der Waals surface area contributed by atoms with Gasteiger partial charge in [0, 0.05) is 74.6 Å². The number of aliphatic hydroxyl groups excluding tert-OH is 1. The van der Waals surface area contributed by atoms with Gasteiger partial charge in [-0.1, -0.05) is 43.3 Å². The first kappa shape index (κ1) is 28.7. The van der Waals surface area contributed by atoms with E-state index >= 15 is 0 Å². The summed E-state index contributed by atoms with van der Waals surface area (Å²) >= 11 is 0. The second-order valence-corrected chi connectivity index (χ2v) is 10.7. The lowest BCUT2D eigenvalue weighted by Crippen LogP contribution is -2.51. The Labute approximate surface area is 239 Å². The number of amides is 1. The molecule has 3 aromatic rings. The molecule has 0 spiro atoms. The number of non-ortho nitro benzene ring substituents is 1. The molecule has 0 bridgehead atoms. The first-order chi connectivity index (χ1) is 19.8. The van der Waals surface area contributed by atoms with Crippen LogP contribution in [0, 0.1) is 16.0 Å². The highest BCUT2D eigenvalue weighted by molar-refractivity contribution is 5.88. The fourth-order valence-corrected chi connectivity index (χ4v) is 5.52. The van der Waals surface area contributed by atoms with Gasteiger partial charge in [0.2, 0.25) is 5.91 Å². The lowest BCUT2D eigenvalue weighted by molar-refractivity contribution is -0.384. The maximum atomic E-state index is 11.6. The number of nitrogens with one attached hydrogen (secondary N) is 1. The molecule has 2 N–H and O–H groups in total. The van der Waals surface area contributed by atoms with E-state index in [1.165, 1.54) is 6.92 Å². The smallest absolute Gasteiger partial charge is 0.269 e. The summed E-state index contributed by atoms with van der Waals surface area (Å²) in [6, 6.07) is 22.1. The molecule has 10 heteroatoms. The lowest BCUT2D eigenvalue weighted by atomic mass is 9.90. The topological polar surface area (TPSA) is 117 Å². The fourth-order valence-electron chi connectivity index (χ4n) is 5.52. The third-order valence-electron chi connectivity index (χ3n) is 7.84. The summed E-state index contributed by atoms with van der Waals surface area (Å²) < 4.78 is 13.2. The van der Waals surface area contributed by atoms with Crippen LogP contribution in [0.4, 0.5) is 17.1 Å². The second kappa shape index (κ2) is 12.8. The average Bonchev–Trinajstić information content (AvgIpc) is 2.98. The van der Waals surface area contributed by atoms with Gasteiger partial charge in [0.05, 0.1) is 23.7 Å². The van der Waals surface area contributed by atoms with Crippen LogP contribution in [0.3, 0.4) is 0 Å². The minimum Gasteiger partial charge on any atom is -0.392 e. The number of nitro benzene ring substituents is 1. The van der Waals surface area contributed by atoms with E-state index in [1.54, 1.807) is 12.1 Å². The van der Waals surface area contributed by atoms with Crippen molar-refractivity contribution in [2.24, 2.45) is 5.92 Å². The molecule has 2 heterocycles. The maximum absolute atomic E-state index is 11.6. The monoisotopic (exact) mass is 560 g/mol. The van der Waals surface area contributed by atoms with E-state index in [-0.39, 0.29) is 41.3 Å². The van der Waals surface area contributed by atoms with Gasteiger partial charge in [-0.25, -0.2) is 0 Å². The second-order valence-electron chi connectivity index (χ2n) is 10.7. The summed E-state index contributed by atoms with van der Waals surface area (Å²) in [6.07, 6.45) is -0.960. The predicted octanol–water partition coefficient (Wildman–Crippen LogP) is 4.66. The van der Waals surface area contributed by atoms with Crippen molar-refractivity contribution in [1.29, 1.82) is 0 Å². The van der Waals surface area contributed by atoms with Gasteiger partial charge in [-0.15, -0.1) is 0 Å². The van der Waals surface area contributed by atoms with Gasteiger partial charge in [-0.3, -0.25) is 19.8 Å².